The van der Waals surface area contributed by atoms with Crippen molar-refractivity contribution in [2.45, 2.75) is 63.1 Å². The van der Waals surface area contributed by atoms with Crippen LogP contribution < -0.4 is 0 Å². The van der Waals surface area contributed by atoms with Crippen LogP contribution in [-0.2, 0) is 0 Å². The van der Waals surface area contributed by atoms with Crippen molar-refractivity contribution >= 4 is 0 Å². The van der Waals surface area contributed by atoms with Crippen LogP contribution in [0.15, 0.2) is 0 Å². The number of rotatable bonds is 2. The molecule has 0 spiro atoms. The van der Waals surface area contributed by atoms with E-state index in [1.54, 1.807) is 0 Å². The molecule has 0 unspecified atom stereocenters. The van der Waals surface area contributed by atoms with Gasteiger partial charge in [0.2, 0.25) is 0 Å². The lowest BCUT2D eigenvalue weighted by Gasteiger charge is -2.47. The second-order valence-electron chi connectivity index (χ2n) is 4.75. The van der Waals surface area contributed by atoms with Gasteiger partial charge in [-0.25, -0.2) is 0 Å². The van der Waals surface area contributed by atoms with Crippen LogP contribution in [0.2, 0.25) is 0 Å². The van der Waals surface area contributed by atoms with Gasteiger partial charge in [0.15, 0.2) is 0 Å². The van der Waals surface area contributed by atoms with Gasteiger partial charge in [-0.2, -0.15) is 0 Å². The summed E-state index contributed by atoms with van der Waals surface area (Å²) in [6.45, 7) is 1.94. The van der Waals surface area contributed by atoms with E-state index in [1.165, 1.54) is 0 Å². The van der Waals surface area contributed by atoms with Gasteiger partial charge in [0.1, 0.15) is 0 Å². The molecule has 2 nitrogen and oxygen atoms in total. The van der Waals surface area contributed by atoms with Gasteiger partial charge in [-0.15, -0.1) is 0 Å². The molecular weight excluding hydrogens is 164 g/mol. The Labute approximate surface area is 80.0 Å². The minimum absolute atomic E-state index is 0.626. The minimum atomic E-state index is -0.644. The van der Waals surface area contributed by atoms with Gasteiger partial charge in [0, 0.05) is 5.92 Å². The zero-order chi connectivity index (χ0) is 9.53. The average molecular weight is 183 g/mol. The second kappa shape index (κ2) is 2.96. The molecule has 2 aliphatic carbocycles. The van der Waals surface area contributed by atoms with Crippen LogP contribution in [0.1, 0.15) is 51.9 Å². The highest BCUT2D eigenvalue weighted by atomic mass is 16.3. The summed E-state index contributed by atoms with van der Waals surface area (Å²) in [5.74, 6) is 0.934. The van der Waals surface area contributed by atoms with Gasteiger partial charge in [-0.05, 0) is 32.1 Å². The lowest BCUT2D eigenvalue weighted by Crippen LogP contribution is -2.51. The quantitative estimate of drug-likeness (QED) is 0.685. The monoisotopic (exact) mass is 183 g/mol. The Balaban J connectivity index is 2.06. The molecule has 2 N–H and O–H groups in total. The van der Waals surface area contributed by atoms with Crippen molar-refractivity contribution in [3.63, 3.8) is 0 Å². The van der Waals surface area contributed by atoms with Crippen LogP contribution in [0.5, 0.6) is 0 Å². The number of hydrogen-bond acceptors (Lipinski definition) is 2. The first-order valence-corrected chi connectivity index (χ1v) is 5.36. The van der Waals surface area contributed by atoms with E-state index in [9.17, 15) is 10.2 Å². The van der Waals surface area contributed by atoms with Crippen LogP contribution in [-0.4, -0.2) is 21.4 Å². The summed E-state index contributed by atoms with van der Waals surface area (Å²) in [4.78, 5) is 0. The first-order valence-electron chi connectivity index (χ1n) is 5.36. The molecule has 1 radical (unpaired) electrons. The zero-order valence-electron chi connectivity index (χ0n) is 8.34. The lowest BCUT2D eigenvalue weighted by molar-refractivity contribution is -0.0732. The Bertz CT molecular complexity index is 190. The summed E-state index contributed by atoms with van der Waals surface area (Å²) in [6, 6.07) is 0. The molecule has 0 aromatic carbocycles. The zero-order valence-corrected chi connectivity index (χ0v) is 8.34. The van der Waals surface area contributed by atoms with Crippen molar-refractivity contribution < 1.29 is 10.2 Å². The molecule has 0 aromatic heterocycles. The smallest absolute Gasteiger partial charge is 0.0736 e. The molecule has 13 heavy (non-hydrogen) atoms. The third-order valence-electron chi connectivity index (χ3n) is 4.01. The number of hydrogen-bond donors (Lipinski definition) is 2. The predicted molar refractivity (Wildman–Crippen MR) is 51.1 cm³/mol. The first-order chi connectivity index (χ1) is 6.07. The van der Waals surface area contributed by atoms with Gasteiger partial charge < -0.3 is 10.2 Å². The highest BCUT2D eigenvalue weighted by Gasteiger charge is 2.51. The number of aliphatic hydroxyl groups is 2. The maximum absolute atomic E-state index is 10.3. The Kier molecular flexibility index (Phi) is 2.16. The van der Waals surface area contributed by atoms with Gasteiger partial charge in [-0.3, -0.25) is 0 Å². The van der Waals surface area contributed by atoms with Gasteiger partial charge in [0.25, 0.3) is 0 Å². The molecule has 2 rings (SSSR count). The molecule has 75 valence electrons. The molecule has 2 aliphatic rings. The summed E-state index contributed by atoms with van der Waals surface area (Å²) < 4.78 is 0. The molecule has 2 fully saturated rings. The molecule has 0 aliphatic heterocycles. The van der Waals surface area contributed by atoms with E-state index in [-0.39, 0.29) is 0 Å². The largest absolute Gasteiger partial charge is 0.389 e. The fraction of sp³-hybridized carbons (Fsp3) is 0.909. The van der Waals surface area contributed by atoms with E-state index < -0.39 is 11.2 Å². The minimum Gasteiger partial charge on any atom is -0.389 e. The molecule has 0 atom stereocenters. The highest BCUT2D eigenvalue weighted by molar-refractivity contribution is 5.21. The molecule has 0 amide bonds. The third kappa shape index (κ3) is 1.40. The normalized spacial score (nSPS) is 30.5. The van der Waals surface area contributed by atoms with Crippen LogP contribution in [0.25, 0.3) is 0 Å². The SMILES string of the molecule is C[C](C1(O)CCCC1)C1(O)CCC1. The van der Waals surface area contributed by atoms with Crippen LogP contribution >= 0.6 is 0 Å². The molecule has 0 saturated heterocycles. The Morgan fingerprint density at radius 1 is 0.846 bits per heavy atom. The van der Waals surface area contributed by atoms with Crippen LogP contribution in [0, 0.1) is 5.92 Å². The van der Waals surface area contributed by atoms with Crippen molar-refractivity contribution in [2.24, 2.45) is 0 Å². The van der Waals surface area contributed by atoms with E-state index in [0.29, 0.717) is 0 Å². The van der Waals surface area contributed by atoms with E-state index >= 15 is 0 Å². The van der Waals surface area contributed by atoms with E-state index in [1.807, 2.05) is 6.92 Å². The van der Waals surface area contributed by atoms with Crippen molar-refractivity contribution in [2.75, 3.05) is 0 Å². The van der Waals surface area contributed by atoms with Crippen molar-refractivity contribution in [3.05, 3.63) is 5.92 Å². The lowest BCUT2D eigenvalue weighted by atomic mass is 9.65. The fourth-order valence-electron chi connectivity index (χ4n) is 2.65. The predicted octanol–water partition coefficient (Wildman–Crippen LogP) is 1.80. The van der Waals surface area contributed by atoms with Crippen molar-refractivity contribution in [1.82, 2.24) is 0 Å². The Morgan fingerprint density at radius 2 is 1.23 bits per heavy atom. The van der Waals surface area contributed by atoms with Crippen molar-refractivity contribution in [3.8, 4) is 0 Å². The molecule has 0 aromatic rings. The summed E-state index contributed by atoms with van der Waals surface area (Å²) >= 11 is 0. The highest BCUT2D eigenvalue weighted by Crippen LogP contribution is 2.49. The molecule has 2 saturated carbocycles. The maximum atomic E-state index is 10.3. The fourth-order valence-corrected chi connectivity index (χ4v) is 2.65. The molecule has 2 heteroatoms. The average Bonchev–Trinajstić information content (AvgIpc) is 2.48. The molecular formula is C11H19O2. The molecule has 0 heterocycles. The maximum Gasteiger partial charge on any atom is 0.0736 e. The molecule has 0 bridgehead atoms. The van der Waals surface area contributed by atoms with Gasteiger partial charge in [0.05, 0.1) is 11.2 Å². The standard InChI is InChI=1S/C11H19O2/c1-9(11(13)7-4-8-11)10(12)5-2-3-6-10/h12-13H,2-8H2,1H3. The summed E-state index contributed by atoms with van der Waals surface area (Å²) in [7, 11) is 0. The van der Waals surface area contributed by atoms with Gasteiger partial charge in [-0.1, -0.05) is 19.8 Å². The Morgan fingerprint density at radius 3 is 1.54 bits per heavy atom. The van der Waals surface area contributed by atoms with E-state index in [4.69, 9.17) is 0 Å². The Hall–Kier alpha value is -0.0800. The summed E-state index contributed by atoms with van der Waals surface area (Å²) in [5.41, 5.74) is -1.27. The van der Waals surface area contributed by atoms with Crippen LogP contribution in [0.3, 0.4) is 0 Å². The second-order valence-corrected chi connectivity index (χ2v) is 4.75. The van der Waals surface area contributed by atoms with E-state index in [2.05, 4.69) is 0 Å². The summed E-state index contributed by atoms with van der Waals surface area (Å²) in [6.07, 6.45) is 6.70. The van der Waals surface area contributed by atoms with E-state index in [0.717, 1.165) is 50.9 Å². The topological polar surface area (TPSA) is 40.5 Å². The van der Waals surface area contributed by atoms with Gasteiger partial charge >= 0.3 is 0 Å². The summed E-state index contributed by atoms with van der Waals surface area (Å²) in [5, 5.41) is 20.4. The van der Waals surface area contributed by atoms with Crippen molar-refractivity contribution in [1.29, 1.82) is 0 Å². The van der Waals surface area contributed by atoms with Crippen LogP contribution in [0.4, 0.5) is 0 Å². The third-order valence-corrected chi connectivity index (χ3v) is 4.01. The first kappa shape index (κ1) is 9.47.